The molecule has 472 valence electrons. The van der Waals surface area contributed by atoms with Crippen molar-refractivity contribution in [3.8, 4) is 0 Å². The van der Waals surface area contributed by atoms with Gasteiger partial charge in [-0.2, -0.15) is 0 Å². The van der Waals surface area contributed by atoms with Crippen LogP contribution in [-0.4, -0.2) is 47.4 Å². The number of allylic oxidation sites excluding steroid dienone is 6. The Morgan fingerprint density at radius 2 is 0.625 bits per heavy atom. The number of hydrogen-bond acceptors (Lipinski definition) is 5. The third-order valence-corrected chi connectivity index (χ3v) is 16.9. The second-order valence-electron chi connectivity index (χ2n) is 24.9. The maximum absolute atomic E-state index is 12.5. The quantitative estimate of drug-likeness (QED) is 0.0320. The Hall–Kier alpha value is -1.92. The van der Waals surface area contributed by atoms with E-state index in [0.29, 0.717) is 25.9 Å². The second-order valence-corrected chi connectivity index (χ2v) is 24.9. The summed E-state index contributed by atoms with van der Waals surface area (Å²) in [7, 11) is 0. The molecular formula is C74H141NO5. The minimum atomic E-state index is -0.660. The van der Waals surface area contributed by atoms with Crippen molar-refractivity contribution in [1.29, 1.82) is 0 Å². The molecule has 0 aliphatic heterocycles. The Morgan fingerprint density at radius 3 is 0.988 bits per heavy atom. The second kappa shape index (κ2) is 69.6. The van der Waals surface area contributed by atoms with E-state index < -0.39 is 12.1 Å². The molecule has 0 aromatic rings. The van der Waals surface area contributed by atoms with Crippen molar-refractivity contribution < 1.29 is 24.5 Å². The molecular weight excluding hydrogens is 983 g/mol. The van der Waals surface area contributed by atoms with E-state index in [4.69, 9.17) is 4.74 Å². The number of carbonyl (C=O) groups is 2. The number of rotatable bonds is 68. The van der Waals surface area contributed by atoms with Crippen molar-refractivity contribution in [2.45, 2.75) is 411 Å². The van der Waals surface area contributed by atoms with Crippen molar-refractivity contribution >= 4 is 11.9 Å². The van der Waals surface area contributed by atoms with Crippen molar-refractivity contribution in [2.75, 3.05) is 13.2 Å². The number of hydrogen-bond donors (Lipinski definition) is 3. The first-order valence-corrected chi connectivity index (χ1v) is 36.2. The van der Waals surface area contributed by atoms with Gasteiger partial charge < -0.3 is 20.3 Å². The number of amides is 1. The fourth-order valence-electron chi connectivity index (χ4n) is 11.4. The summed E-state index contributed by atoms with van der Waals surface area (Å²) in [5, 5.41) is 23.2. The molecule has 0 aromatic carbocycles. The lowest BCUT2D eigenvalue weighted by Gasteiger charge is -2.22. The van der Waals surface area contributed by atoms with Gasteiger partial charge in [0.05, 0.1) is 25.4 Å². The first-order chi connectivity index (χ1) is 39.5. The predicted molar refractivity (Wildman–Crippen MR) is 352 cm³/mol. The molecule has 6 nitrogen and oxygen atoms in total. The Bertz CT molecular complexity index is 1300. The summed E-state index contributed by atoms with van der Waals surface area (Å²) in [4.78, 5) is 24.6. The maximum atomic E-state index is 12.5. The van der Waals surface area contributed by atoms with Gasteiger partial charge in [0, 0.05) is 12.8 Å². The average Bonchev–Trinajstić information content (AvgIpc) is 3.46. The number of aliphatic hydroxyl groups is 2. The number of carbonyl (C=O) groups excluding carboxylic acids is 2. The van der Waals surface area contributed by atoms with E-state index in [2.05, 4.69) is 55.6 Å². The topological polar surface area (TPSA) is 95.9 Å². The minimum absolute atomic E-state index is 0.0127. The largest absolute Gasteiger partial charge is 0.466 e. The van der Waals surface area contributed by atoms with E-state index in [1.807, 2.05) is 0 Å². The highest BCUT2D eigenvalue weighted by atomic mass is 16.5. The number of esters is 1. The highest BCUT2D eigenvalue weighted by Gasteiger charge is 2.20. The molecule has 0 aromatic heterocycles. The van der Waals surface area contributed by atoms with E-state index in [9.17, 15) is 19.8 Å². The van der Waals surface area contributed by atoms with Crippen molar-refractivity contribution in [3.05, 3.63) is 36.5 Å². The van der Waals surface area contributed by atoms with Gasteiger partial charge in [-0.05, 0) is 83.5 Å². The SMILES string of the molecule is CCCCC/C=C\C/C=C\CCCCCCCCCC(=O)OCCCCCCCCCCCCCCCC/C=C\CCCCCCCCCCCCCCCCCCCC(=O)NC(CO)C(O)CCCCCCCCCCCCC. The highest BCUT2D eigenvalue weighted by Crippen LogP contribution is 2.19. The minimum Gasteiger partial charge on any atom is -0.466 e. The van der Waals surface area contributed by atoms with Crippen LogP contribution >= 0.6 is 0 Å². The summed E-state index contributed by atoms with van der Waals surface area (Å²) in [6, 6.07) is -0.537. The summed E-state index contributed by atoms with van der Waals surface area (Å²) in [5.41, 5.74) is 0. The summed E-state index contributed by atoms with van der Waals surface area (Å²) in [6.07, 6.45) is 89.3. The lowest BCUT2D eigenvalue weighted by atomic mass is 10.0. The van der Waals surface area contributed by atoms with Crippen molar-refractivity contribution in [2.24, 2.45) is 0 Å². The zero-order valence-corrected chi connectivity index (χ0v) is 54.1. The fraction of sp³-hybridized carbons (Fsp3) is 0.892. The van der Waals surface area contributed by atoms with Gasteiger partial charge in [0.1, 0.15) is 0 Å². The van der Waals surface area contributed by atoms with Crippen LogP contribution in [0.4, 0.5) is 0 Å². The molecule has 0 aliphatic carbocycles. The summed E-state index contributed by atoms with van der Waals surface area (Å²) in [5.74, 6) is -0.0180. The first kappa shape index (κ1) is 78.1. The van der Waals surface area contributed by atoms with Gasteiger partial charge in [0.2, 0.25) is 5.91 Å². The van der Waals surface area contributed by atoms with Crippen LogP contribution in [0.25, 0.3) is 0 Å². The Balaban J connectivity index is 3.32. The molecule has 2 atom stereocenters. The number of aliphatic hydroxyl groups excluding tert-OH is 2. The first-order valence-electron chi connectivity index (χ1n) is 36.2. The molecule has 0 radical (unpaired) electrons. The van der Waals surface area contributed by atoms with Gasteiger partial charge in [0.25, 0.3) is 0 Å². The van der Waals surface area contributed by atoms with E-state index in [0.717, 1.165) is 51.4 Å². The summed E-state index contributed by atoms with van der Waals surface area (Å²) in [6.45, 7) is 4.94. The molecule has 6 heteroatoms. The van der Waals surface area contributed by atoms with Gasteiger partial charge in [-0.3, -0.25) is 9.59 Å². The van der Waals surface area contributed by atoms with Crippen LogP contribution in [0, 0.1) is 0 Å². The average molecular weight is 1120 g/mol. The highest BCUT2D eigenvalue weighted by molar-refractivity contribution is 5.76. The van der Waals surface area contributed by atoms with Crippen LogP contribution < -0.4 is 5.32 Å². The van der Waals surface area contributed by atoms with Gasteiger partial charge >= 0.3 is 5.97 Å². The lowest BCUT2D eigenvalue weighted by Crippen LogP contribution is -2.45. The third-order valence-electron chi connectivity index (χ3n) is 16.9. The Kier molecular flexibility index (Phi) is 67.9. The third kappa shape index (κ3) is 65.2. The number of ether oxygens (including phenoxy) is 1. The summed E-state index contributed by atoms with van der Waals surface area (Å²) < 4.78 is 5.50. The molecule has 0 rings (SSSR count). The molecule has 0 bridgehead atoms. The lowest BCUT2D eigenvalue weighted by molar-refractivity contribution is -0.143. The van der Waals surface area contributed by atoms with Crippen molar-refractivity contribution in [3.63, 3.8) is 0 Å². The van der Waals surface area contributed by atoms with Crippen LogP contribution in [0.2, 0.25) is 0 Å². The molecule has 2 unspecified atom stereocenters. The van der Waals surface area contributed by atoms with E-state index in [1.54, 1.807) is 0 Å². The molecule has 0 spiro atoms. The Morgan fingerprint density at radius 1 is 0.350 bits per heavy atom. The Labute approximate surface area is 500 Å². The molecule has 80 heavy (non-hydrogen) atoms. The van der Waals surface area contributed by atoms with Crippen LogP contribution in [0.15, 0.2) is 36.5 Å². The predicted octanol–water partition coefficient (Wildman–Crippen LogP) is 23.5. The van der Waals surface area contributed by atoms with Crippen LogP contribution in [0.3, 0.4) is 0 Å². The molecule has 0 saturated carbocycles. The van der Waals surface area contributed by atoms with Gasteiger partial charge in [-0.1, -0.05) is 339 Å². The molecule has 1 amide bonds. The molecule has 0 fully saturated rings. The molecule has 0 aliphatic rings. The van der Waals surface area contributed by atoms with Crippen molar-refractivity contribution in [1.82, 2.24) is 5.32 Å². The molecule has 3 N–H and O–H groups in total. The monoisotopic (exact) mass is 1120 g/mol. The maximum Gasteiger partial charge on any atom is 0.305 e. The number of unbranched alkanes of at least 4 members (excludes halogenated alkanes) is 51. The zero-order chi connectivity index (χ0) is 57.8. The van der Waals surface area contributed by atoms with E-state index in [1.165, 1.54) is 315 Å². The van der Waals surface area contributed by atoms with Crippen LogP contribution in [0.5, 0.6) is 0 Å². The summed E-state index contributed by atoms with van der Waals surface area (Å²) >= 11 is 0. The van der Waals surface area contributed by atoms with Crippen LogP contribution in [0.1, 0.15) is 399 Å². The van der Waals surface area contributed by atoms with Gasteiger partial charge in [-0.15, -0.1) is 0 Å². The van der Waals surface area contributed by atoms with E-state index in [-0.39, 0.29) is 18.5 Å². The normalized spacial score (nSPS) is 12.7. The number of nitrogens with one attached hydrogen (secondary N) is 1. The zero-order valence-electron chi connectivity index (χ0n) is 54.1. The standard InChI is InChI=1S/C74H141NO5/c1-3-5-7-9-11-13-15-16-17-37-41-44-48-52-56-60-64-68-74(79)80-69-65-61-57-53-49-45-42-39-36-34-32-30-28-26-24-22-20-18-19-21-23-25-27-29-31-33-35-38-40-43-47-51-55-59-63-67-73(78)75-71(70-76)72(77)66-62-58-54-50-46-14-12-10-8-6-4-2/h11,13,16-17,20,22,71-72,76-77H,3-10,12,14-15,18-19,21,23-70H2,1-2H3,(H,75,78)/b13-11-,17-16-,22-20-. The van der Waals surface area contributed by atoms with Crippen LogP contribution in [-0.2, 0) is 14.3 Å². The molecule has 0 heterocycles. The van der Waals surface area contributed by atoms with Gasteiger partial charge in [-0.25, -0.2) is 0 Å². The molecule has 0 saturated heterocycles. The smallest absolute Gasteiger partial charge is 0.305 e. The van der Waals surface area contributed by atoms with E-state index >= 15 is 0 Å². The fourth-order valence-corrected chi connectivity index (χ4v) is 11.4. The van der Waals surface area contributed by atoms with Gasteiger partial charge in [0.15, 0.2) is 0 Å².